The lowest BCUT2D eigenvalue weighted by Crippen LogP contribution is -2.47. The predicted molar refractivity (Wildman–Crippen MR) is 56.6 cm³/mol. The molecule has 15 heavy (non-hydrogen) atoms. The van der Waals surface area contributed by atoms with Crippen molar-refractivity contribution in [3.05, 3.63) is 17.5 Å². The number of nitrogens with two attached hydrogens (primary N) is 1. The number of aliphatic carboxylic acids is 1. The molecule has 0 saturated heterocycles. The Hall–Kier alpha value is -1.36. The standard InChI is InChI=1S/C10H17N3O2/c1-6-7(5-12-13(6)4)10(2,3)8(11)9(14)15/h5,8H,11H2,1-4H3,(H,14,15). The van der Waals surface area contributed by atoms with Crippen LogP contribution in [0.2, 0.25) is 0 Å². The highest BCUT2D eigenvalue weighted by atomic mass is 16.4. The molecule has 5 nitrogen and oxygen atoms in total. The molecule has 0 radical (unpaired) electrons. The van der Waals surface area contributed by atoms with Gasteiger partial charge in [-0.2, -0.15) is 5.10 Å². The first-order valence-electron chi connectivity index (χ1n) is 4.76. The molecule has 1 heterocycles. The van der Waals surface area contributed by atoms with E-state index in [9.17, 15) is 4.79 Å². The Morgan fingerprint density at radius 2 is 2.20 bits per heavy atom. The number of carbonyl (C=O) groups is 1. The molecule has 0 spiro atoms. The van der Waals surface area contributed by atoms with Crippen molar-refractivity contribution in [2.75, 3.05) is 0 Å². The van der Waals surface area contributed by atoms with Crippen LogP contribution in [0.3, 0.4) is 0 Å². The smallest absolute Gasteiger partial charge is 0.321 e. The molecule has 5 heteroatoms. The molecule has 0 aromatic carbocycles. The van der Waals surface area contributed by atoms with Crippen molar-refractivity contribution in [2.45, 2.75) is 32.2 Å². The first-order chi connectivity index (χ1) is 6.78. The van der Waals surface area contributed by atoms with Crippen LogP contribution in [-0.2, 0) is 17.3 Å². The molecule has 1 aromatic rings. The number of carboxylic acid groups (broad SMARTS) is 1. The van der Waals surface area contributed by atoms with Crippen LogP contribution in [0, 0.1) is 6.92 Å². The fourth-order valence-corrected chi connectivity index (χ4v) is 1.61. The maximum atomic E-state index is 10.9. The van der Waals surface area contributed by atoms with Crippen molar-refractivity contribution in [3.8, 4) is 0 Å². The highest BCUT2D eigenvalue weighted by Crippen LogP contribution is 2.28. The SMILES string of the molecule is Cc1c(C(C)(C)C(N)C(=O)O)cnn1C. The lowest BCUT2D eigenvalue weighted by molar-refractivity contribution is -0.140. The van der Waals surface area contributed by atoms with Crippen LogP contribution >= 0.6 is 0 Å². The first-order valence-corrected chi connectivity index (χ1v) is 4.76. The fraction of sp³-hybridized carbons (Fsp3) is 0.600. The van der Waals surface area contributed by atoms with Crippen LogP contribution < -0.4 is 5.73 Å². The molecule has 0 saturated carbocycles. The summed E-state index contributed by atoms with van der Waals surface area (Å²) in [6.07, 6.45) is 1.68. The zero-order valence-corrected chi connectivity index (χ0v) is 9.48. The van der Waals surface area contributed by atoms with Crippen LogP contribution in [0.25, 0.3) is 0 Å². The van der Waals surface area contributed by atoms with Gasteiger partial charge in [0.2, 0.25) is 0 Å². The summed E-state index contributed by atoms with van der Waals surface area (Å²) in [5, 5.41) is 13.0. The second kappa shape index (κ2) is 3.66. The molecule has 1 atom stereocenters. The van der Waals surface area contributed by atoms with Crippen molar-refractivity contribution in [1.82, 2.24) is 9.78 Å². The topological polar surface area (TPSA) is 81.1 Å². The van der Waals surface area contributed by atoms with E-state index in [-0.39, 0.29) is 0 Å². The van der Waals surface area contributed by atoms with Gasteiger partial charge >= 0.3 is 5.97 Å². The highest BCUT2D eigenvalue weighted by molar-refractivity contribution is 5.75. The number of nitrogens with zero attached hydrogens (tertiary/aromatic N) is 2. The number of hydrogen-bond acceptors (Lipinski definition) is 3. The molecule has 0 bridgehead atoms. The Balaban J connectivity index is 3.16. The first kappa shape index (κ1) is 11.7. The van der Waals surface area contributed by atoms with Crippen LogP contribution in [-0.4, -0.2) is 26.9 Å². The summed E-state index contributed by atoms with van der Waals surface area (Å²) in [5.41, 5.74) is 6.86. The molecular formula is C10H17N3O2. The molecular weight excluding hydrogens is 194 g/mol. The number of aromatic nitrogens is 2. The van der Waals surface area contributed by atoms with Gasteiger partial charge in [-0.05, 0) is 6.92 Å². The average molecular weight is 211 g/mol. The van der Waals surface area contributed by atoms with E-state index >= 15 is 0 Å². The Morgan fingerprint density at radius 1 is 1.67 bits per heavy atom. The second-order valence-corrected chi connectivity index (χ2v) is 4.30. The summed E-state index contributed by atoms with van der Waals surface area (Å²) >= 11 is 0. The van der Waals surface area contributed by atoms with E-state index in [4.69, 9.17) is 10.8 Å². The summed E-state index contributed by atoms with van der Waals surface area (Å²) in [7, 11) is 1.82. The summed E-state index contributed by atoms with van der Waals surface area (Å²) in [5.74, 6) is -0.997. The van der Waals surface area contributed by atoms with Gasteiger partial charge in [0.05, 0.1) is 6.20 Å². The quantitative estimate of drug-likeness (QED) is 0.759. The molecule has 3 N–H and O–H groups in total. The van der Waals surface area contributed by atoms with Crippen molar-refractivity contribution in [2.24, 2.45) is 12.8 Å². The maximum absolute atomic E-state index is 10.9. The number of carboxylic acids is 1. The average Bonchev–Trinajstić information content (AvgIpc) is 2.46. The zero-order chi connectivity index (χ0) is 11.8. The van der Waals surface area contributed by atoms with Crippen LogP contribution in [0.1, 0.15) is 25.1 Å². The van der Waals surface area contributed by atoms with Crippen LogP contribution in [0.5, 0.6) is 0 Å². The largest absolute Gasteiger partial charge is 0.480 e. The monoisotopic (exact) mass is 211 g/mol. The molecule has 84 valence electrons. The van der Waals surface area contributed by atoms with E-state index in [1.165, 1.54) is 0 Å². The minimum absolute atomic E-state index is 0.621. The Labute approximate surface area is 88.9 Å². The summed E-state index contributed by atoms with van der Waals surface area (Å²) < 4.78 is 1.71. The summed E-state index contributed by atoms with van der Waals surface area (Å²) in [6, 6.07) is -0.930. The van der Waals surface area contributed by atoms with Gasteiger partial charge in [0.25, 0.3) is 0 Å². The number of rotatable bonds is 3. The van der Waals surface area contributed by atoms with E-state index in [1.807, 2.05) is 27.8 Å². The van der Waals surface area contributed by atoms with Gasteiger partial charge in [0.1, 0.15) is 6.04 Å². The van der Waals surface area contributed by atoms with E-state index in [2.05, 4.69) is 5.10 Å². The number of aryl methyl sites for hydroxylation is 1. The Morgan fingerprint density at radius 3 is 2.53 bits per heavy atom. The maximum Gasteiger partial charge on any atom is 0.321 e. The van der Waals surface area contributed by atoms with Gasteiger partial charge in [-0.25, -0.2) is 0 Å². The molecule has 1 unspecified atom stereocenters. The van der Waals surface area contributed by atoms with Crippen LogP contribution in [0.4, 0.5) is 0 Å². The predicted octanol–water partition coefficient (Wildman–Crippen LogP) is 0.418. The Kier molecular flexibility index (Phi) is 2.86. The zero-order valence-electron chi connectivity index (χ0n) is 9.48. The molecule has 1 rings (SSSR count). The minimum atomic E-state index is -0.997. The third-order valence-corrected chi connectivity index (χ3v) is 2.97. The van der Waals surface area contributed by atoms with Gasteiger partial charge in [0.15, 0.2) is 0 Å². The van der Waals surface area contributed by atoms with Crippen molar-refractivity contribution in [3.63, 3.8) is 0 Å². The second-order valence-electron chi connectivity index (χ2n) is 4.30. The molecule has 0 aliphatic rings. The van der Waals surface area contributed by atoms with E-state index < -0.39 is 17.4 Å². The summed E-state index contributed by atoms with van der Waals surface area (Å²) in [4.78, 5) is 10.9. The van der Waals surface area contributed by atoms with Crippen LogP contribution in [0.15, 0.2) is 6.20 Å². The van der Waals surface area contributed by atoms with Gasteiger partial charge in [-0.3, -0.25) is 9.48 Å². The third-order valence-electron chi connectivity index (χ3n) is 2.97. The fourth-order valence-electron chi connectivity index (χ4n) is 1.61. The Bertz CT molecular complexity index is 382. The lowest BCUT2D eigenvalue weighted by atomic mass is 9.78. The summed E-state index contributed by atoms with van der Waals surface area (Å²) in [6.45, 7) is 5.53. The lowest BCUT2D eigenvalue weighted by Gasteiger charge is -2.28. The van der Waals surface area contributed by atoms with E-state index in [0.717, 1.165) is 11.3 Å². The van der Waals surface area contributed by atoms with Gasteiger partial charge < -0.3 is 10.8 Å². The minimum Gasteiger partial charge on any atom is -0.480 e. The van der Waals surface area contributed by atoms with E-state index in [1.54, 1.807) is 10.9 Å². The number of hydrogen-bond donors (Lipinski definition) is 2. The molecule has 0 amide bonds. The molecule has 1 aromatic heterocycles. The third kappa shape index (κ3) is 1.87. The van der Waals surface area contributed by atoms with Gasteiger partial charge in [-0.1, -0.05) is 13.8 Å². The van der Waals surface area contributed by atoms with Crippen molar-refractivity contribution < 1.29 is 9.90 Å². The molecule has 0 fully saturated rings. The van der Waals surface area contributed by atoms with E-state index in [0.29, 0.717) is 0 Å². The van der Waals surface area contributed by atoms with Crippen molar-refractivity contribution >= 4 is 5.97 Å². The molecule has 0 aliphatic carbocycles. The van der Waals surface area contributed by atoms with Gasteiger partial charge in [0, 0.05) is 23.7 Å². The van der Waals surface area contributed by atoms with Gasteiger partial charge in [-0.15, -0.1) is 0 Å². The van der Waals surface area contributed by atoms with Crippen molar-refractivity contribution in [1.29, 1.82) is 0 Å². The highest BCUT2D eigenvalue weighted by Gasteiger charge is 2.36. The normalized spacial score (nSPS) is 13.9. The molecule has 0 aliphatic heterocycles.